The molecule has 25 heavy (non-hydrogen) atoms. The molecule has 1 aromatic heterocycles. The van der Waals surface area contributed by atoms with Crippen molar-refractivity contribution in [3.05, 3.63) is 34.5 Å². The zero-order valence-electron chi connectivity index (χ0n) is 15.0. The number of piperidine rings is 1. The number of hydrogen-bond donors (Lipinski definition) is 1. The Labute approximate surface area is 153 Å². The van der Waals surface area contributed by atoms with E-state index in [0.29, 0.717) is 4.90 Å². The molecule has 0 spiro atoms. The average Bonchev–Trinajstić information content (AvgIpc) is 3.08. The molecule has 0 saturated carbocycles. The van der Waals surface area contributed by atoms with Gasteiger partial charge in [-0.2, -0.15) is 8.75 Å². The number of sulfonamides is 1. The molecule has 1 fully saturated rings. The predicted octanol–water partition coefficient (Wildman–Crippen LogP) is 2.72. The van der Waals surface area contributed by atoms with Crippen molar-refractivity contribution in [1.29, 1.82) is 0 Å². The van der Waals surface area contributed by atoms with Crippen LogP contribution in [0, 0.1) is 27.7 Å². The molecular formula is C17H24N4O2S2. The van der Waals surface area contributed by atoms with Crippen LogP contribution in [0.4, 0.5) is 5.82 Å². The van der Waals surface area contributed by atoms with Crippen molar-refractivity contribution in [1.82, 2.24) is 13.5 Å². The Hall–Kier alpha value is -1.51. The van der Waals surface area contributed by atoms with Gasteiger partial charge in [0.25, 0.3) is 0 Å². The zero-order chi connectivity index (χ0) is 18.2. The molecule has 0 atom stereocenters. The maximum absolute atomic E-state index is 13.0. The quantitative estimate of drug-likeness (QED) is 0.883. The van der Waals surface area contributed by atoms with Gasteiger partial charge in [0.1, 0.15) is 0 Å². The first kappa shape index (κ1) is 18.3. The molecule has 2 aromatic rings. The summed E-state index contributed by atoms with van der Waals surface area (Å²) in [5, 5.41) is 0. The number of benzene rings is 1. The summed E-state index contributed by atoms with van der Waals surface area (Å²) in [5.41, 5.74) is 3.69. The normalized spacial score (nSPS) is 16.4. The van der Waals surface area contributed by atoms with Crippen LogP contribution in [-0.4, -0.2) is 36.3 Å². The second-order valence-corrected chi connectivity index (χ2v) is 8.95. The minimum atomic E-state index is -3.53. The summed E-state index contributed by atoms with van der Waals surface area (Å²) in [6.07, 6.45) is 3.29. The Balaban J connectivity index is 1.75. The van der Waals surface area contributed by atoms with Crippen molar-refractivity contribution in [3.8, 4) is 0 Å². The third kappa shape index (κ3) is 3.70. The number of anilines is 1. The van der Waals surface area contributed by atoms with E-state index in [9.17, 15) is 8.42 Å². The van der Waals surface area contributed by atoms with Crippen LogP contribution in [0.3, 0.4) is 0 Å². The van der Waals surface area contributed by atoms with Crippen LogP contribution < -0.4 is 9.62 Å². The van der Waals surface area contributed by atoms with Gasteiger partial charge in [-0.1, -0.05) is 6.07 Å². The van der Waals surface area contributed by atoms with Crippen LogP contribution in [0.15, 0.2) is 17.2 Å². The van der Waals surface area contributed by atoms with Crippen molar-refractivity contribution >= 4 is 27.6 Å². The lowest BCUT2D eigenvalue weighted by Gasteiger charge is -2.32. The van der Waals surface area contributed by atoms with Gasteiger partial charge in [0.2, 0.25) is 10.0 Å². The molecule has 0 amide bonds. The van der Waals surface area contributed by atoms with Crippen molar-refractivity contribution in [2.75, 3.05) is 18.0 Å². The summed E-state index contributed by atoms with van der Waals surface area (Å²) in [7, 11) is -3.53. The molecule has 8 heteroatoms. The molecule has 2 heterocycles. The van der Waals surface area contributed by atoms with Gasteiger partial charge in [-0.3, -0.25) is 0 Å². The van der Waals surface area contributed by atoms with E-state index in [1.54, 1.807) is 6.20 Å². The van der Waals surface area contributed by atoms with Crippen LogP contribution in [0.5, 0.6) is 0 Å². The summed E-state index contributed by atoms with van der Waals surface area (Å²) in [6, 6.07) is 2.00. The average molecular weight is 381 g/mol. The largest absolute Gasteiger partial charge is 0.354 e. The van der Waals surface area contributed by atoms with Crippen molar-refractivity contribution in [2.24, 2.45) is 0 Å². The van der Waals surface area contributed by atoms with E-state index in [1.807, 2.05) is 33.8 Å². The number of nitrogens with one attached hydrogen (secondary N) is 1. The molecule has 1 N–H and O–H groups in total. The highest BCUT2D eigenvalue weighted by Crippen LogP contribution is 2.27. The fourth-order valence-corrected chi connectivity index (χ4v) is 5.74. The first-order valence-corrected chi connectivity index (χ1v) is 10.6. The Morgan fingerprint density at radius 1 is 1.12 bits per heavy atom. The topological polar surface area (TPSA) is 75.2 Å². The van der Waals surface area contributed by atoms with E-state index >= 15 is 0 Å². The van der Waals surface area contributed by atoms with Gasteiger partial charge in [0, 0.05) is 19.1 Å². The van der Waals surface area contributed by atoms with Crippen molar-refractivity contribution in [2.45, 2.75) is 51.5 Å². The molecule has 1 saturated heterocycles. The first-order valence-electron chi connectivity index (χ1n) is 8.42. The maximum atomic E-state index is 13.0. The van der Waals surface area contributed by atoms with Crippen molar-refractivity contribution in [3.63, 3.8) is 0 Å². The summed E-state index contributed by atoms with van der Waals surface area (Å²) >= 11 is 1.19. The van der Waals surface area contributed by atoms with E-state index < -0.39 is 10.0 Å². The van der Waals surface area contributed by atoms with Gasteiger partial charge < -0.3 is 4.90 Å². The third-order valence-electron chi connectivity index (χ3n) is 5.06. The lowest BCUT2D eigenvalue weighted by atomic mass is 10.0. The summed E-state index contributed by atoms with van der Waals surface area (Å²) < 4.78 is 37.2. The summed E-state index contributed by atoms with van der Waals surface area (Å²) in [5.74, 6) is 0.882. The Bertz CT molecular complexity index is 829. The first-order chi connectivity index (χ1) is 11.8. The fourth-order valence-electron chi connectivity index (χ4n) is 3.39. The molecular weight excluding hydrogens is 356 g/mol. The van der Waals surface area contributed by atoms with Crippen LogP contribution in [0.1, 0.15) is 35.1 Å². The second kappa shape index (κ2) is 7.01. The summed E-state index contributed by atoms with van der Waals surface area (Å²) in [4.78, 5) is 2.60. The monoisotopic (exact) mass is 380 g/mol. The fraction of sp³-hybridized carbons (Fsp3) is 0.529. The van der Waals surface area contributed by atoms with E-state index in [0.717, 1.165) is 54.0 Å². The summed E-state index contributed by atoms with van der Waals surface area (Å²) in [6.45, 7) is 9.25. The van der Waals surface area contributed by atoms with Crippen molar-refractivity contribution < 1.29 is 8.42 Å². The minimum Gasteiger partial charge on any atom is -0.354 e. The number of hydrogen-bond acceptors (Lipinski definition) is 6. The van der Waals surface area contributed by atoms with Crippen LogP contribution in [-0.2, 0) is 10.0 Å². The number of rotatable bonds is 4. The highest BCUT2D eigenvalue weighted by molar-refractivity contribution is 7.89. The number of nitrogens with zero attached hydrogens (tertiary/aromatic N) is 3. The minimum absolute atomic E-state index is 0.0486. The van der Waals surface area contributed by atoms with Crippen LogP contribution in [0.2, 0.25) is 0 Å². The highest BCUT2D eigenvalue weighted by atomic mass is 32.2. The number of aryl methyl sites for hydroxylation is 2. The maximum Gasteiger partial charge on any atom is 0.241 e. The van der Waals surface area contributed by atoms with E-state index in [-0.39, 0.29) is 6.04 Å². The van der Waals surface area contributed by atoms with E-state index in [4.69, 9.17) is 0 Å². The van der Waals surface area contributed by atoms with Crippen LogP contribution >= 0.6 is 11.7 Å². The lowest BCUT2D eigenvalue weighted by molar-refractivity contribution is 0.458. The third-order valence-corrected chi connectivity index (χ3v) is 7.32. The Kier molecular flexibility index (Phi) is 5.13. The lowest BCUT2D eigenvalue weighted by Crippen LogP contribution is -2.45. The molecule has 0 bridgehead atoms. The van der Waals surface area contributed by atoms with Gasteiger partial charge >= 0.3 is 0 Å². The molecule has 1 aliphatic rings. The molecule has 6 nitrogen and oxygen atoms in total. The number of aromatic nitrogens is 2. The molecule has 0 radical (unpaired) electrons. The second-order valence-electron chi connectivity index (χ2n) is 6.74. The van der Waals surface area contributed by atoms with Gasteiger partial charge in [-0.05, 0) is 62.8 Å². The van der Waals surface area contributed by atoms with Crippen LogP contribution in [0.25, 0.3) is 0 Å². The van der Waals surface area contributed by atoms with Gasteiger partial charge in [0.15, 0.2) is 5.82 Å². The highest BCUT2D eigenvalue weighted by Gasteiger charge is 2.28. The SMILES string of the molecule is Cc1cc(C)c(C)c(S(=O)(=O)NC2CCN(c3cnsn3)CC2)c1C. The van der Waals surface area contributed by atoms with E-state index in [1.165, 1.54) is 11.7 Å². The van der Waals surface area contributed by atoms with Gasteiger partial charge in [0.05, 0.1) is 22.8 Å². The smallest absolute Gasteiger partial charge is 0.241 e. The molecule has 1 aromatic carbocycles. The zero-order valence-corrected chi connectivity index (χ0v) is 16.7. The molecule has 0 unspecified atom stereocenters. The molecule has 0 aliphatic carbocycles. The van der Waals surface area contributed by atoms with Gasteiger partial charge in [-0.25, -0.2) is 13.1 Å². The molecule has 136 valence electrons. The molecule has 1 aliphatic heterocycles. The Morgan fingerprint density at radius 3 is 2.24 bits per heavy atom. The van der Waals surface area contributed by atoms with Gasteiger partial charge in [-0.15, -0.1) is 0 Å². The standard InChI is InChI=1S/C17H24N4O2S2/c1-11-9-12(2)14(4)17(13(11)3)25(22,23)20-15-5-7-21(8-6-15)16-10-18-24-19-16/h9-10,15,20H,5-8H2,1-4H3. The Morgan fingerprint density at radius 2 is 1.72 bits per heavy atom. The predicted molar refractivity (Wildman–Crippen MR) is 101 cm³/mol. The van der Waals surface area contributed by atoms with E-state index in [2.05, 4.69) is 18.4 Å². The molecule has 3 rings (SSSR count).